The van der Waals surface area contributed by atoms with Gasteiger partial charge >= 0.3 is 0 Å². The number of aryl methyl sites for hydroxylation is 1. The maximum Gasteiger partial charge on any atom is 0.202 e. The number of fused-ring (bicyclic) bond motifs is 3. The number of phenols is 3. The number of rotatable bonds is 1. The molecule has 0 aliphatic carbocycles. The largest absolute Gasteiger partial charge is 0.504 e. The maximum atomic E-state index is 9.83. The van der Waals surface area contributed by atoms with Crippen LogP contribution >= 0.6 is 0 Å². The van der Waals surface area contributed by atoms with Crippen LogP contribution in [-0.4, -0.2) is 20.3 Å². The molecule has 0 aliphatic rings. The molecule has 3 aromatic rings. The van der Waals surface area contributed by atoms with Crippen molar-refractivity contribution >= 4 is 21.8 Å². The lowest BCUT2D eigenvalue weighted by Crippen LogP contribution is -1.78. The summed E-state index contributed by atoms with van der Waals surface area (Å²) in [6, 6.07) is 7.42. The first-order valence-corrected chi connectivity index (χ1v) is 5.80. The van der Waals surface area contributed by atoms with Crippen LogP contribution in [-0.2, 0) is 6.42 Å². The highest BCUT2D eigenvalue weighted by atomic mass is 16.3. The van der Waals surface area contributed by atoms with Crippen molar-refractivity contribution in [2.45, 2.75) is 13.3 Å². The van der Waals surface area contributed by atoms with Crippen LogP contribution in [0.1, 0.15) is 12.5 Å². The fourth-order valence-electron chi connectivity index (χ4n) is 2.26. The summed E-state index contributed by atoms with van der Waals surface area (Å²) in [5.74, 6) is -1.13. The van der Waals surface area contributed by atoms with E-state index in [4.69, 9.17) is 0 Å². The highest BCUT2D eigenvalue weighted by Crippen LogP contribution is 2.43. The summed E-state index contributed by atoms with van der Waals surface area (Å²) < 4.78 is 0. The van der Waals surface area contributed by atoms with Crippen molar-refractivity contribution in [3.8, 4) is 17.2 Å². The third-order valence-electron chi connectivity index (χ3n) is 3.30. The van der Waals surface area contributed by atoms with Gasteiger partial charge in [-0.05, 0) is 30.2 Å². The van der Waals surface area contributed by atoms with E-state index >= 15 is 0 Å². The zero-order chi connectivity index (χ0) is 12.9. The number of aromatic nitrogens is 1. The first kappa shape index (κ1) is 10.8. The van der Waals surface area contributed by atoms with Gasteiger partial charge in [-0.2, -0.15) is 0 Å². The Morgan fingerprint density at radius 3 is 2.50 bits per heavy atom. The predicted molar refractivity (Wildman–Crippen MR) is 70.2 cm³/mol. The smallest absolute Gasteiger partial charge is 0.202 e. The van der Waals surface area contributed by atoms with E-state index in [1.165, 1.54) is 11.6 Å². The van der Waals surface area contributed by atoms with Crippen LogP contribution in [0.5, 0.6) is 17.2 Å². The summed E-state index contributed by atoms with van der Waals surface area (Å²) in [5, 5.41) is 30.5. The van der Waals surface area contributed by atoms with Crippen molar-refractivity contribution in [3.05, 3.63) is 29.8 Å². The molecule has 0 fully saturated rings. The fraction of sp³-hybridized carbons (Fsp3) is 0.143. The number of nitrogens with one attached hydrogen (secondary N) is 1. The molecule has 2 aromatic carbocycles. The van der Waals surface area contributed by atoms with Crippen LogP contribution in [0, 0.1) is 0 Å². The van der Waals surface area contributed by atoms with Crippen molar-refractivity contribution in [3.63, 3.8) is 0 Å². The normalized spacial score (nSPS) is 11.4. The lowest BCUT2D eigenvalue weighted by Gasteiger charge is -2.01. The molecule has 3 rings (SSSR count). The second-order valence-corrected chi connectivity index (χ2v) is 4.37. The van der Waals surface area contributed by atoms with Crippen LogP contribution in [0.15, 0.2) is 24.3 Å². The van der Waals surface area contributed by atoms with Gasteiger partial charge in [0.2, 0.25) is 5.75 Å². The Hall–Kier alpha value is -2.36. The SMILES string of the molecule is CCc1ccc2[nH]c3c(O)c(O)c(O)cc3c2c1. The monoisotopic (exact) mass is 243 g/mol. The number of aromatic hydroxyl groups is 3. The molecular weight excluding hydrogens is 230 g/mol. The van der Waals surface area contributed by atoms with Crippen LogP contribution in [0.2, 0.25) is 0 Å². The van der Waals surface area contributed by atoms with Crippen molar-refractivity contribution in [1.82, 2.24) is 4.98 Å². The van der Waals surface area contributed by atoms with Crippen molar-refractivity contribution in [2.24, 2.45) is 0 Å². The molecule has 4 heteroatoms. The van der Waals surface area contributed by atoms with Gasteiger partial charge in [0.25, 0.3) is 0 Å². The molecule has 0 unspecified atom stereocenters. The third kappa shape index (κ3) is 1.32. The highest BCUT2D eigenvalue weighted by molar-refractivity contribution is 6.10. The van der Waals surface area contributed by atoms with Gasteiger partial charge in [0.05, 0.1) is 5.52 Å². The summed E-state index contributed by atoms with van der Waals surface area (Å²) >= 11 is 0. The van der Waals surface area contributed by atoms with Crippen LogP contribution in [0.4, 0.5) is 0 Å². The number of H-pyrrole nitrogens is 1. The van der Waals surface area contributed by atoms with Gasteiger partial charge in [0.1, 0.15) is 0 Å². The first-order chi connectivity index (χ1) is 8.61. The molecule has 0 aliphatic heterocycles. The molecule has 0 bridgehead atoms. The Morgan fingerprint density at radius 1 is 1.00 bits per heavy atom. The fourth-order valence-corrected chi connectivity index (χ4v) is 2.26. The van der Waals surface area contributed by atoms with E-state index in [9.17, 15) is 15.3 Å². The quantitative estimate of drug-likeness (QED) is 0.496. The first-order valence-electron chi connectivity index (χ1n) is 5.80. The molecule has 1 heterocycles. The summed E-state index contributed by atoms with van der Waals surface area (Å²) in [7, 11) is 0. The van der Waals surface area contributed by atoms with Crippen molar-refractivity contribution < 1.29 is 15.3 Å². The molecule has 0 saturated heterocycles. The average Bonchev–Trinajstić information content (AvgIpc) is 2.74. The summed E-state index contributed by atoms with van der Waals surface area (Å²) in [6.07, 6.45) is 0.915. The molecule has 4 N–H and O–H groups in total. The lowest BCUT2D eigenvalue weighted by atomic mass is 10.1. The summed E-state index contributed by atoms with van der Waals surface area (Å²) in [6.45, 7) is 2.07. The topological polar surface area (TPSA) is 76.5 Å². The lowest BCUT2D eigenvalue weighted by molar-refractivity contribution is 0.371. The van der Waals surface area contributed by atoms with E-state index in [-0.39, 0.29) is 11.5 Å². The van der Waals surface area contributed by atoms with Gasteiger partial charge in [-0.25, -0.2) is 0 Å². The Morgan fingerprint density at radius 2 is 1.78 bits per heavy atom. The number of benzene rings is 2. The van der Waals surface area contributed by atoms with Crippen LogP contribution in [0.25, 0.3) is 21.8 Å². The molecule has 0 saturated carbocycles. The average molecular weight is 243 g/mol. The zero-order valence-corrected chi connectivity index (χ0v) is 9.86. The Bertz CT molecular complexity index is 759. The van der Waals surface area contributed by atoms with Gasteiger partial charge in [-0.3, -0.25) is 0 Å². The minimum Gasteiger partial charge on any atom is -0.504 e. The molecule has 0 atom stereocenters. The van der Waals surface area contributed by atoms with Crippen molar-refractivity contribution in [2.75, 3.05) is 0 Å². The Balaban J connectivity index is 2.49. The van der Waals surface area contributed by atoms with Gasteiger partial charge < -0.3 is 20.3 Å². The number of aromatic amines is 1. The van der Waals surface area contributed by atoms with Crippen molar-refractivity contribution in [1.29, 1.82) is 0 Å². The second kappa shape index (κ2) is 3.57. The molecule has 0 spiro atoms. The molecular formula is C14H13NO3. The Kier molecular flexibility index (Phi) is 2.13. The van der Waals surface area contributed by atoms with Gasteiger partial charge in [-0.15, -0.1) is 0 Å². The zero-order valence-electron chi connectivity index (χ0n) is 9.86. The number of hydrogen-bond donors (Lipinski definition) is 4. The highest BCUT2D eigenvalue weighted by Gasteiger charge is 2.15. The third-order valence-corrected chi connectivity index (χ3v) is 3.30. The van der Waals surface area contributed by atoms with E-state index in [0.29, 0.717) is 10.9 Å². The van der Waals surface area contributed by atoms with Crippen LogP contribution < -0.4 is 0 Å². The van der Waals surface area contributed by atoms with E-state index in [0.717, 1.165) is 17.3 Å². The second-order valence-electron chi connectivity index (χ2n) is 4.37. The molecule has 0 amide bonds. The van der Waals surface area contributed by atoms with E-state index in [2.05, 4.69) is 11.9 Å². The predicted octanol–water partition coefficient (Wildman–Crippen LogP) is 3.00. The molecule has 1 aromatic heterocycles. The summed E-state index contributed by atoms with van der Waals surface area (Å²) in [5.41, 5.74) is 2.48. The molecule has 0 radical (unpaired) electrons. The van der Waals surface area contributed by atoms with E-state index in [1.807, 2.05) is 18.2 Å². The minimum absolute atomic E-state index is 0.317. The molecule has 4 nitrogen and oxygen atoms in total. The maximum absolute atomic E-state index is 9.83. The van der Waals surface area contributed by atoms with E-state index < -0.39 is 5.75 Å². The Labute approximate surface area is 103 Å². The van der Waals surface area contributed by atoms with E-state index in [1.54, 1.807) is 0 Å². The van der Waals surface area contributed by atoms with Crippen LogP contribution in [0.3, 0.4) is 0 Å². The number of phenolic OH excluding ortho intramolecular Hbond substituents is 3. The van der Waals surface area contributed by atoms with Gasteiger partial charge in [0, 0.05) is 16.3 Å². The minimum atomic E-state index is -0.496. The standard InChI is InChI=1S/C14H13NO3/c1-2-7-3-4-10-8(5-7)9-6-11(16)13(17)14(18)12(9)15-10/h3-6,15-18H,2H2,1H3. The molecule has 92 valence electrons. The summed E-state index contributed by atoms with van der Waals surface area (Å²) in [4.78, 5) is 3.04. The van der Waals surface area contributed by atoms with Gasteiger partial charge in [0.15, 0.2) is 11.5 Å². The van der Waals surface area contributed by atoms with Gasteiger partial charge in [-0.1, -0.05) is 13.0 Å². The molecule has 18 heavy (non-hydrogen) atoms. The number of hydrogen-bond acceptors (Lipinski definition) is 3.